The van der Waals surface area contributed by atoms with Crippen LogP contribution in [0, 0.1) is 0 Å². The first kappa shape index (κ1) is 26.9. The van der Waals surface area contributed by atoms with E-state index in [-0.39, 0.29) is 36.1 Å². The quantitative estimate of drug-likeness (QED) is 0.423. The highest BCUT2D eigenvalue weighted by Crippen LogP contribution is 2.40. The Morgan fingerprint density at radius 2 is 2.00 bits per heavy atom. The third-order valence-electron chi connectivity index (χ3n) is 7.57. The first-order valence-corrected chi connectivity index (χ1v) is 13.9. The number of nitrogens with zero attached hydrogens (tertiary/aromatic N) is 2. The number of carbonyl (C=O) groups is 3. The van der Waals surface area contributed by atoms with Crippen molar-refractivity contribution in [3.8, 4) is 5.75 Å². The standard InChI is InChI=1S/C29H36N4O6/c34-27(31-22-6-2-13-33(18-22)29(36)37)25-11-10-23(17-30-25)38-15-12-24(32-28(35)26-7-3-14-39-26)21-5-1-4-20(16-21)19-8-9-19/h1,4-5,10-11,16-17,19,22,24,26H,2-3,6-9,12-15,18H2,(H,31,34)(H,32,35)(H,36,37)/t22-,24?,26+/m0/s1. The zero-order chi connectivity index (χ0) is 27.2. The van der Waals surface area contributed by atoms with Gasteiger partial charge in [0.1, 0.15) is 17.5 Å². The highest BCUT2D eigenvalue weighted by molar-refractivity contribution is 5.92. The Morgan fingerprint density at radius 3 is 2.72 bits per heavy atom. The monoisotopic (exact) mass is 536 g/mol. The first-order valence-electron chi connectivity index (χ1n) is 13.9. The van der Waals surface area contributed by atoms with Crippen molar-refractivity contribution in [2.75, 3.05) is 26.3 Å². The number of aromatic nitrogens is 1. The maximum absolute atomic E-state index is 12.8. The number of benzene rings is 1. The number of piperidine rings is 1. The largest absolute Gasteiger partial charge is 0.492 e. The minimum atomic E-state index is -0.974. The number of pyridine rings is 1. The second kappa shape index (κ2) is 12.5. The molecule has 0 bridgehead atoms. The summed E-state index contributed by atoms with van der Waals surface area (Å²) < 4.78 is 11.5. The van der Waals surface area contributed by atoms with Gasteiger partial charge >= 0.3 is 6.09 Å². The molecule has 3 amide bonds. The number of ether oxygens (including phenoxy) is 2. The summed E-state index contributed by atoms with van der Waals surface area (Å²) in [6, 6.07) is 11.3. The van der Waals surface area contributed by atoms with Gasteiger partial charge in [0.05, 0.1) is 18.8 Å². The van der Waals surface area contributed by atoms with E-state index in [9.17, 15) is 19.5 Å². The summed E-state index contributed by atoms with van der Waals surface area (Å²) in [6.45, 7) is 1.73. The fraction of sp³-hybridized carbons (Fsp3) is 0.517. The second-order valence-corrected chi connectivity index (χ2v) is 10.6. The molecule has 3 fully saturated rings. The molecular weight excluding hydrogens is 500 g/mol. The molecule has 1 saturated carbocycles. The predicted molar refractivity (Wildman–Crippen MR) is 143 cm³/mol. The molecule has 3 N–H and O–H groups in total. The molecular formula is C29H36N4O6. The van der Waals surface area contributed by atoms with E-state index in [1.165, 1.54) is 29.5 Å². The molecule has 2 aromatic rings. The maximum atomic E-state index is 12.8. The molecule has 3 atom stereocenters. The molecule has 1 aliphatic carbocycles. The summed E-state index contributed by atoms with van der Waals surface area (Å²) >= 11 is 0. The number of hydrogen-bond donors (Lipinski definition) is 3. The fourth-order valence-corrected chi connectivity index (χ4v) is 5.24. The van der Waals surface area contributed by atoms with Crippen LogP contribution in [0.1, 0.15) is 78.5 Å². The van der Waals surface area contributed by atoms with Gasteiger partial charge in [-0.3, -0.25) is 9.59 Å². The molecule has 39 heavy (non-hydrogen) atoms. The molecule has 1 aromatic carbocycles. The lowest BCUT2D eigenvalue weighted by Gasteiger charge is -2.31. The van der Waals surface area contributed by atoms with Gasteiger partial charge in [-0.05, 0) is 67.7 Å². The SMILES string of the molecule is O=C(N[C@H]1CCCN(C(=O)O)C1)c1ccc(OCCC(NC(=O)[C@H]2CCCO2)c2cccc(C3CC3)c2)cn1. The van der Waals surface area contributed by atoms with Crippen molar-refractivity contribution in [1.82, 2.24) is 20.5 Å². The van der Waals surface area contributed by atoms with Crippen molar-refractivity contribution in [2.45, 2.75) is 69.1 Å². The molecule has 5 rings (SSSR count). The van der Waals surface area contributed by atoms with E-state index in [0.717, 1.165) is 24.8 Å². The highest BCUT2D eigenvalue weighted by atomic mass is 16.5. The van der Waals surface area contributed by atoms with Crippen molar-refractivity contribution in [2.24, 2.45) is 0 Å². The summed E-state index contributed by atoms with van der Waals surface area (Å²) in [4.78, 5) is 42.2. The second-order valence-electron chi connectivity index (χ2n) is 10.6. The smallest absolute Gasteiger partial charge is 0.407 e. The van der Waals surface area contributed by atoms with Gasteiger partial charge in [0.25, 0.3) is 5.91 Å². The topological polar surface area (TPSA) is 130 Å². The molecule has 3 heterocycles. The average Bonchev–Trinajstić information content (AvgIpc) is 3.66. The zero-order valence-corrected chi connectivity index (χ0v) is 22.0. The van der Waals surface area contributed by atoms with E-state index in [2.05, 4.69) is 33.8 Å². The Bertz CT molecular complexity index is 1160. The first-order chi connectivity index (χ1) is 19.0. The van der Waals surface area contributed by atoms with Crippen molar-refractivity contribution in [1.29, 1.82) is 0 Å². The van der Waals surface area contributed by atoms with Gasteiger partial charge in [-0.25, -0.2) is 9.78 Å². The van der Waals surface area contributed by atoms with E-state index in [0.29, 0.717) is 44.3 Å². The summed E-state index contributed by atoms with van der Waals surface area (Å²) in [5, 5.41) is 15.2. The summed E-state index contributed by atoms with van der Waals surface area (Å²) in [6.07, 6.45) is 6.18. The van der Waals surface area contributed by atoms with Crippen LogP contribution in [0.2, 0.25) is 0 Å². The van der Waals surface area contributed by atoms with Gasteiger partial charge in [-0.2, -0.15) is 0 Å². The van der Waals surface area contributed by atoms with Gasteiger partial charge < -0.3 is 30.1 Å². The Morgan fingerprint density at radius 1 is 1.13 bits per heavy atom. The number of likely N-dealkylation sites (tertiary alicyclic amines) is 1. The van der Waals surface area contributed by atoms with Crippen molar-refractivity contribution in [3.63, 3.8) is 0 Å². The average molecular weight is 537 g/mol. The summed E-state index contributed by atoms with van der Waals surface area (Å²) in [5.41, 5.74) is 2.61. The normalized spacial score (nSPS) is 21.7. The number of carbonyl (C=O) groups excluding carboxylic acids is 2. The molecule has 0 radical (unpaired) electrons. The van der Waals surface area contributed by atoms with Crippen molar-refractivity contribution >= 4 is 17.9 Å². The van der Waals surface area contributed by atoms with E-state index < -0.39 is 12.2 Å². The van der Waals surface area contributed by atoms with Gasteiger partial charge in [0, 0.05) is 32.2 Å². The summed E-state index contributed by atoms with van der Waals surface area (Å²) in [5.74, 6) is 0.714. The maximum Gasteiger partial charge on any atom is 0.407 e. The van der Waals surface area contributed by atoms with Crippen LogP contribution in [0.25, 0.3) is 0 Å². The lowest BCUT2D eigenvalue weighted by atomic mass is 9.99. The van der Waals surface area contributed by atoms with Crippen molar-refractivity contribution in [3.05, 3.63) is 59.4 Å². The number of amides is 3. The molecule has 10 nitrogen and oxygen atoms in total. The minimum Gasteiger partial charge on any atom is -0.492 e. The number of carboxylic acid groups (broad SMARTS) is 1. The minimum absolute atomic E-state index is 0.0872. The van der Waals surface area contributed by atoms with Gasteiger partial charge in [-0.15, -0.1) is 0 Å². The Balaban J connectivity index is 1.16. The third-order valence-corrected chi connectivity index (χ3v) is 7.57. The molecule has 3 aliphatic rings. The van der Waals surface area contributed by atoms with Crippen LogP contribution < -0.4 is 15.4 Å². The lowest BCUT2D eigenvalue weighted by molar-refractivity contribution is -0.130. The van der Waals surface area contributed by atoms with E-state index in [1.54, 1.807) is 12.1 Å². The predicted octanol–water partition coefficient (Wildman–Crippen LogP) is 3.64. The van der Waals surface area contributed by atoms with Crippen LogP contribution in [-0.2, 0) is 9.53 Å². The Labute approximate surface area is 228 Å². The number of nitrogens with one attached hydrogen (secondary N) is 2. The number of rotatable bonds is 10. The lowest BCUT2D eigenvalue weighted by Crippen LogP contribution is -2.49. The Kier molecular flexibility index (Phi) is 8.61. The fourth-order valence-electron chi connectivity index (χ4n) is 5.24. The zero-order valence-electron chi connectivity index (χ0n) is 22.0. The van der Waals surface area contributed by atoms with E-state index in [1.807, 2.05) is 6.07 Å². The molecule has 2 aliphatic heterocycles. The van der Waals surface area contributed by atoms with Crippen molar-refractivity contribution < 1.29 is 29.0 Å². The van der Waals surface area contributed by atoms with Crippen LogP contribution in [0.4, 0.5) is 4.79 Å². The number of hydrogen-bond acceptors (Lipinski definition) is 6. The molecule has 2 saturated heterocycles. The third kappa shape index (κ3) is 7.26. The molecule has 1 unspecified atom stereocenters. The van der Waals surface area contributed by atoms with E-state index in [4.69, 9.17) is 9.47 Å². The molecule has 208 valence electrons. The summed E-state index contributed by atoms with van der Waals surface area (Å²) in [7, 11) is 0. The Hall–Kier alpha value is -3.66. The molecule has 10 heteroatoms. The van der Waals surface area contributed by atoms with Gasteiger partial charge in [0.15, 0.2) is 0 Å². The van der Waals surface area contributed by atoms with Crippen LogP contribution in [0.5, 0.6) is 5.75 Å². The van der Waals surface area contributed by atoms with Crippen LogP contribution in [-0.4, -0.2) is 71.3 Å². The van der Waals surface area contributed by atoms with Crippen LogP contribution >= 0.6 is 0 Å². The van der Waals surface area contributed by atoms with Gasteiger partial charge in [-0.1, -0.05) is 24.3 Å². The molecule has 1 aromatic heterocycles. The highest BCUT2D eigenvalue weighted by Gasteiger charge is 2.28. The van der Waals surface area contributed by atoms with Crippen LogP contribution in [0.15, 0.2) is 42.6 Å². The van der Waals surface area contributed by atoms with E-state index >= 15 is 0 Å². The van der Waals surface area contributed by atoms with Gasteiger partial charge in [0.2, 0.25) is 5.91 Å². The van der Waals surface area contributed by atoms with Crippen LogP contribution in [0.3, 0.4) is 0 Å². The molecule has 0 spiro atoms.